The van der Waals surface area contributed by atoms with E-state index < -0.39 is 0 Å². The van der Waals surface area contributed by atoms with E-state index in [0.29, 0.717) is 6.04 Å². The predicted octanol–water partition coefficient (Wildman–Crippen LogP) is 0.583. The second-order valence-electron chi connectivity index (χ2n) is 4.89. The largest absolute Gasteiger partial charge is 0.383 e. The minimum atomic E-state index is 0.657. The van der Waals surface area contributed by atoms with Crippen molar-refractivity contribution in [2.75, 3.05) is 39.9 Å². The van der Waals surface area contributed by atoms with E-state index in [1.165, 1.54) is 19.4 Å². The van der Waals surface area contributed by atoms with Crippen molar-refractivity contribution >= 4 is 0 Å². The van der Waals surface area contributed by atoms with Gasteiger partial charge in [0.25, 0.3) is 0 Å². The SMILES string of the molecule is COCCN(CCn1ccnc1)CC1CCCN1. The highest BCUT2D eigenvalue weighted by molar-refractivity contribution is 4.79. The Balaban J connectivity index is 1.75. The van der Waals surface area contributed by atoms with Crippen LogP contribution < -0.4 is 5.32 Å². The Morgan fingerprint density at radius 3 is 3.11 bits per heavy atom. The number of nitrogens with zero attached hydrogens (tertiary/aromatic N) is 3. The lowest BCUT2D eigenvalue weighted by atomic mass is 10.2. The van der Waals surface area contributed by atoms with Crippen LogP contribution in [0.15, 0.2) is 18.7 Å². The summed E-state index contributed by atoms with van der Waals surface area (Å²) in [7, 11) is 1.77. The molecule has 2 rings (SSSR count). The second kappa shape index (κ2) is 7.51. The van der Waals surface area contributed by atoms with Crippen molar-refractivity contribution in [2.24, 2.45) is 0 Å². The number of nitrogens with one attached hydrogen (secondary N) is 1. The summed E-state index contributed by atoms with van der Waals surface area (Å²) < 4.78 is 7.32. The number of rotatable bonds is 8. The molecule has 1 atom stereocenters. The fourth-order valence-electron chi connectivity index (χ4n) is 2.41. The molecule has 1 saturated heterocycles. The predicted molar refractivity (Wildman–Crippen MR) is 71.6 cm³/mol. The van der Waals surface area contributed by atoms with Crippen molar-refractivity contribution in [3.63, 3.8) is 0 Å². The van der Waals surface area contributed by atoms with E-state index in [9.17, 15) is 0 Å². The summed E-state index contributed by atoms with van der Waals surface area (Å²) in [6.07, 6.45) is 8.33. The first-order valence-corrected chi connectivity index (χ1v) is 6.79. The van der Waals surface area contributed by atoms with Crippen LogP contribution in [0.3, 0.4) is 0 Å². The lowest BCUT2D eigenvalue weighted by molar-refractivity contribution is 0.139. The van der Waals surface area contributed by atoms with Crippen molar-refractivity contribution in [1.82, 2.24) is 19.8 Å². The smallest absolute Gasteiger partial charge is 0.0946 e. The maximum absolute atomic E-state index is 5.19. The number of ether oxygens (including phenoxy) is 1. The standard InChI is InChI=1S/C13H24N4O/c1-18-10-9-16(11-13-3-2-4-15-13)7-8-17-6-5-14-12-17/h5-6,12-13,15H,2-4,7-11H2,1H3. The molecule has 1 unspecified atom stereocenters. The molecule has 1 aliphatic rings. The zero-order chi connectivity index (χ0) is 12.6. The summed E-state index contributed by atoms with van der Waals surface area (Å²) in [5.74, 6) is 0. The first-order chi connectivity index (χ1) is 8.88. The van der Waals surface area contributed by atoms with Gasteiger partial charge in [-0.25, -0.2) is 4.98 Å². The highest BCUT2D eigenvalue weighted by Crippen LogP contribution is 2.07. The van der Waals surface area contributed by atoms with Crippen LogP contribution in [-0.2, 0) is 11.3 Å². The van der Waals surface area contributed by atoms with Gasteiger partial charge in [-0.2, -0.15) is 0 Å². The minimum Gasteiger partial charge on any atom is -0.383 e. The van der Waals surface area contributed by atoms with Crippen LogP contribution in [0, 0.1) is 0 Å². The molecule has 0 spiro atoms. The number of hydrogen-bond acceptors (Lipinski definition) is 4. The summed E-state index contributed by atoms with van der Waals surface area (Å²) in [4.78, 5) is 6.55. The quantitative estimate of drug-likeness (QED) is 0.735. The molecule has 5 nitrogen and oxygen atoms in total. The molecule has 0 saturated carbocycles. The highest BCUT2D eigenvalue weighted by atomic mass is 16.5. The zero-order valence-corrected chi connectivity index (χ0v) is 11.2. The third kappa shape index (κ3) is 4.40. The number of aromatic nitrogens is 2. The van der Waals surface area contributed by atoms with E-state index in [0.717, 1.165) is 32.8 Å². The van der Waals surface area contributed by atoms with E-state index in [-0.39, 0.29) is 0 Å². The van der Waals surface area contributed by atoms with Crippen molar-refractivity contribution in [1.29, 1.82) is 0 Å². The number of methoxy groups -OCH3 is 1. The van der Waals surface area contributed by atoms with Gasteiger partial charge in [0, 0.05) is 51.7 Å². The molecule has 1 aromatic rings. The fourth-order valence-corrected chi connectivity index (χ4v) is 2.41. The Morgan fingerprint density at radius 1 is 1.50 bits per heavy atom. The summed E-state index contributed by atoms with van der Waals surface area (Å²) in [5.41, 5.74) is 0. The molecule has 18 heavy (non-hydrogen) atoms. The minimum absolute atomic E-state index is 0.657. The highest BCUT2D eigenvalue weighted by Gasteiger charge is 2.17. The topological polar surface area (TPSA) is 42.3 Å². The molecule has 0 aromatic carbocycles. The van der Waals surface area contributed by atoms with Crippen molar-refractivity contribution in [3.8, 4) is 0 Å². The van der Waals surface area contributed by atoms with E-state index >= 15 is 0 Å². The molecule has 102 valence electrons. The van der Waals surface area contributed by atoms with Crippen molar-refractivity contribution in [2.45, 2.75) is 25.4 Å². The van der Waals surface area contributed by atoms with Gasteiger partial charge >= 0.3 is 0 Å². The normalized spacial score (nSPS) is 19.8. The van der Waals surface area contributed by atoms with Crippen molar-refractivity contribution < 1.29 is 4.74 Å². The monoisotopic (exact) mass is 252 g/mol. The molecule has 1 aliphatic heterocycles. The lowest BCUT2D eigenvalue weighted by Gasteiger charge is -2.25. The van der Waals surface area contributed by atoms with Crippen LogP contribution in [0.25, 0.3) is 0 Å². The van der Waals surface area contributed by atoms with Crippen LogP contribution >= 0.6 is 0 Å². The Labute approximate surface area is 109 Å². The third-order valence-corrected chi connectivity index (χ3v) is 3.49. The molecule has 1 aromatic heterocycles. The molecule has 0 bridgehead atoms. The van der Waals surface area contributed by atoms with Gasteiger partial charge in [-0.15, -0.1) is 0 Å². The van der Waals surface area contributed by atoms with Gasteiger partial charge in [0.05, 0.1) is 12.9 Å². The molecule has 0 amide bonds. The van der Waals surface area contributed by atoms with Crippen LogP contribution in [0.4, 0.5) is 0 Å². The average molecular weight is 252 g/mol. The van der Waals surface area contributed by atoms with Gasteiger partial charge in [0.2, 0.25) is 0 Å². The van der Waals surface area contributed by atoms with E-state index in [1.807, 2.05) is 18.7 Å². The fraction of sp³-hybridized carbons (Fsp3) is 0.769. The van der Waals surface area contributed by atoms with Crippen LogP contribution in [0.5, 0.6) is 0 Å². The molecule has 0 aliphatic carbocycles. The van der Waals surface area contributed by atoms with Gasteiger partial charge in [-0.05, 0) is 19.4 Å². The second-order valence-corrected chi connectivity index (χ2v) is 4.89. The Bertz CT molecular complexity index is 309. The maximum atomic E-state index is 5.19. The van der Waals surface area contributed by atoms with E-state index in [1.54, 1.807) is 7.11 Å². The Hall–Kier alpha value is -0.910. The molecule has 1 N–H and O–H groups in total. The lowest BCUT2D eigenvalue weighted by Crippen LogP contribution is -2.40. The Kier molecular flexibility index (Phi) is 5.64. The van der Waals surface area contributed by atoms with E-state index in [2.05, 4.69) is 19.8 Å². The van der Waals surface area contributed by atoms with Gasteiger partial charge in [0.1, 0.15) is 0 Å². The van der Waals surface area contributed by atoms with Gasteiger partial charge < -0.3 is 14.6 Å². The van der Waals surface area contributed by atoms with Gasteiger partial charge in [-0.3, -0.25) is 4.90 Å². The third-order valence-electron chi connectivity index (χ3n) is 3.49. The number of hydrogen-bond donors (Lipinski definition) is 1. The summed E-state index contributed by atoms with van der Waals surface area (Å²) >= 11 is 0. The average Bonchev–Trinajstić information content (AvgIpc) is 3.05. The molecule has 2 heterocycles. The Morgan fingerprint density at radius 2 is 2.44 bits per heavy atom. The molecule has 0 radical (unpaired) electrons. The van der Waals surface area contributed by atoms with Crippen LogP contribution in [-0.4, -0.2) is 60.4 Å². The first-order valence-electron chi connectivity index (χ1n) is 6.79. The van der Waals surface area contributed by atoms with Gasteiger partial charge in [0.15, 0.2) is 0 Å². The van der Waals surface area contributed by atoms with Crippen LogP contribution in [0.2, 0.25) is 0 Å². The maximum Gasteiger partial charge on any atom is 0.0946 e. The summed E-state index contributed by atoms with van der Waals surface area (Å²) in [6.45, 7) is 6.15. The van der Waals surface area contributed by atoms with Crippen molar-refractivity contribution in [3.05, 3.63) is 18.7 Å². The summed E-state index contributed by atoms with van der Waals surface area (Å²) in [6, 6.07) is 0.657. The number of imidazole rings is 1. The summed E-state index contributed by atoms with van der Waals surface area (Å²) in [5, 5.41) is 3.56. The molecule has 1 fully saturated rings. The van der Waals surface area contributed by atoms with Gasteiger partial charge in [-0.1, -0.05) is 0 Å². The van der Waals surface area contributed by atoms with E-state index in [4.69, 9.17) is 4.74 Å². The molecule has 5 heteroatoms. The van der Waals surface area contributed by atoms with Crippen LogP contribution in [0.1, 0.15) is 12.8 Å². The molecular formula is C13H24N4O. The molecular weight excluding hydrogens is 228 g/mol. The zero-order valence-electron chi connectivity index (χ0n) is 11.2. The first kappa shape index (κ1) is 13.5.